The largest absolute Gasteiger partial charge is 0.480 e. The van der Waals surface area contributed by atoms with Crippen molar-refractivity contribution < 1.29 is 14.7 Å². The maximum Gasteiger partial charge on any atom is 0.328 e. The number of carbonyl (C=O) groups is 2. The number of carboxylic acids is 1. The SMILES string of the molecule is CC(=O)NC(CNc1cc(I)ccc1Cl)C(=O)O. The molecule has 1 amide bonds. The van der Waals surface area contributed by atoms with Gasteiger partial charge in [-0.2, -0.15) is 0 Å². The molecule has 7 heteroatoms. The molecule has 0 aliphatic rings. The predicted octanol–water partition coefficient (Wildman–Crippen LogP) is 1.95. The first kappa shape index (κ1) is 15.0. The Labute approximate surface area is 123 Å². The molecule has 5 nitrogen and oxygen atoms in total. The molecule has 0 aromatic heterocycles. The minimum Gasteiger partial charge on any atom is -0.480 e. The highest BCUT2D eigenvalue weighted by Gasteiger charge is 2.18. The van der Waals surface area contributed by atoms with E-state index in [9.17, 15) is 9.59 Å². The Hall–Kier alpha value is -1.02. The van der Waals surface area contributed by atoms with Crippen molar-refractivity contribution in [3.63, 3.8) is 0 Å². The number of amides is 1. The number of hydrogen-bond acceptors (Lipinski definition) is 3. The van der Waals surface area contributed by atoms with Gasteiger partial charge in [-0.25, -0.2) is 4.79 Å². The molecule has 18 heavy (non-hydrogen) atoms. The molecule has 3 N–H and O–H groups in total. The second-order valence-corrected chi connectivity index (χ2v) is 5.25. The van der Waals surface area contributed by atoms with Crippen LogP contribution in [-0.4, -0.2) is 29.6 Å². The number of nitrogens with one attached hydrogen (secondary N) is 2. The third-order valence-corrected chi connectivity index (χ3v) is 3.10. The fourth-order valence-corrected chi connectivity index (χ4v) is 1.97. The summed E-state index contributed by atoms with van der Waals surface area (Å²) in [5, 5.41) is 14.7. The Kier molecular flexibility index (Phi) is 5.67. The lowest BCUT2D eigenvalue weighted by Gasteiger charge is -2.15. The van der Waals surface area contributed by atoms with E-state index in [-0.39, 0.29) is 6.54 Å². The molecule has 1 aromatic carbocycles. The summed E-state index contributed by atoms with van der Waals surface area (Å²) in [5.41, 5.74) is 0.639. The number of anilines is 1. The van der Waals surface area contributed by atoms with E-state index < -0.39 is 17.9 Å². The van der Waals surface area contributed by atoms with Gasteiger partial charge in [0.15, 0.2) is 0 Å². The summed E-state index contributed by atoms with van der Waals surface area (Å²) in [6.07, 6.45) is 0. The first-order valence-electron chi connectivity index (χ1n) is 5.09. The minimum atomic E-state index is -1.10. The lowest BCUT2D eigenvalue weighted by molar-refractivity contribution is -0.141. The number of halogens is 2. The smallest absolute Gasteiger partial charge is 0.328 e. The van der Waals surface area contributed by atoms with Crippen molar-refractivity contribution in [2.24, 2.45) is 0 Å². The molecule has 1 unspecified atom stereocenters. The van der Waals surface area contributed by atoms with Crippen LogP contribution >= 0.6 is 34.2 Å². The Morgan fingerprint density at radius 1 is 1.50 bits per heavy atom. The van der Waals surface area contributed by atoms with Gasteiger partial charge in [-0.3, -0.25) is 4.79 Å². The van der Waals surface area contributed by atoms with Crippen molar-refractivity contribution in [1.29, 1.82) is 0 Å². The Morgan fingerprint density at radius 2 is 2.17 bits per heavy atom. The van der Waals surface area contributed by atoms with Crippen molar-refractivity contribution in [2.45, 2.75) is 13.0 Å². The average Bonchev–Trinajstić information content (AvgIpc) is 2.27. The molecule has 0 fully saturated rings. The van der Waals surface area contributed by atoms with Gasteiger partial charge in [-0.05, 0) is 40.8 Å². The van der Waals surface area contributed by atoms with E-state index in [0.29, 0.717) is 10.7 Å². The molecule has 1 atom stereocenters. The molecular formula is C11H12ClIN2O3. The number of benzene rings is 1. The molecular weight excluding hydrogens is 370 g/mol. The van der Waals surface area contributed by atoms with Crippen LogP contribution in [0.3, 0.4) is 0 Å². The number of rotatable bonds is 5. The third-order valence-electron chi connectivity index (χ3n) is 2.10. The fraction of sp³-hybridized carbons (Fsp3) is 0.273. The van der Waals surface area contributed by atoms with Gasteiger partial charge < -0.3 is 15.7 Å². The number of hydrogen-bond donors (Lipinski definition) is 3. The maximum atomic E-state index is 10.9. The fourth-order valence-electron chi connectivity index (χ4n) is 1.29. The molecule has 0 bridgehead atoms. The van der Waals surface area contributed by atoms with Crippen LogP contribution in [0.2, 0.25) is 5.02 Å². The van der Waals surface area contributed by atoms with Crippen LogP contribution in [0.1, 0.15) is 6.92 Å². The zero-order chi connectivity index (χ0) is 13.7. The second-order valence-electron chi connectivity index (χ2n) is 3.60. The third kappa shape index (κ3) is 4.69. The Morgan fingerprint density at radius 3 is 2.72 bits per heavy atom. The molecule has 0 saturated carbocycles. The van der Waals surface area contributed by atoms with Crippen LogP contribution in [-0.2, 0) is 9.59 Å². The molecule has 0 heterocycles. The zero-order valence-corrected chi connectivity index (χ0v) is 12.4. The van der Waals surface area contributed by atoms with Gasteiger partial charge in [-0.1, -0.05) is 11.6 Å². The van der Waals surface area contributed by atoms with Crippen LogP contribution in [0.25, 0.3) is 0 Å². The van der Waals surface area contributed by atoms with Gasteiger partial charge in [0.1, 0.15) is 6.04 Å². The zero-order valence-electron chi connectivity index (χ0n) is 9.54. The van der Waals surface area contributed by atoms with Gasteiger partial charge in [-0.15, -0.1) is 0 Å². The van der Waals surface area contributed by atoms with Gasteiger partial charge in [0.2, 0.25) is 5.91 Å². The first-order chi connectivity index (χ1) is 8.40. The Balaban J connectivity index is 2.69. The van der Waals surface area contributed by atoms with Crippen molar-refractivity contribution in [3.05, 3.63) is 26.8 Å². The van der Waals surface area contributed by atoms with E-state index in [1.807, 2.05) is 6.07 Å². The molecule has 1 rings (SSSR count). The molecule has 0 aliphatic carbocycles. The van der Waals surface area contributed by atoms with Crippen LogP contribution in [0.15, 0.2) is 18.2 Å². The summed E-state index contributed by atoms with van der Waals surface area (Å²) in [6, 6.07) is 4.38. The highest BCUT2D eigenvalue weighted by Crippen LogP contribution is 2.23. The van der Waals surface area contributed by atoms with Gasteiger partial charge >= 0.3 is 5.97 Å². The summed E-state index contributed by atoms with van der Waals surface area (Å²) in [6.45, 7) is 1.34. The Bertz CT molecular complexity index is 468. The summed E-state index contributed by atoms with van der Waals surface area (Å²) in [7, 11) is 0. The molecule has 98 valence electrons. The van der Waals surface area contributed by atoms with Crippen LogP contribution in [0.5, 0.6) is 0 Å². The summed E-state index contributed by atoms with van der Waals surface area (Å²) < 4.78 is 0.978. The van der Waals surface area contributed by atoms with E-state index in [1.165, 1.54) is 6.92 Å². The van der Waals surface area contributed by atoms with Crippen LogP contribution in [0.4, 0.5) is 5.69 Å². The van der Waals surface area contributed by atoms with Crippen molar-refractivity contribution in [1.82, 2.24) is 5.32 Å². The second kappa shape index (κ2) is 6.79. The minimum absolute atomic E-state index is 0.0642. The van der Waals surface area contributed by atoms with Crippen LogP contribution < -0.4 is 10.6 Å². The van der Waals surface area contributed by atoms with E-state index in [0.717, 1.165) is 3.57 Å². The maximum absolute atomic E-state index is 10.9. The monoisotopic (exact) mass is 382 g/mol. The molecule has 0 saturated heterocycles. The van der Waals surface area contributed by atoms with Crippen molar-refractivity contribution >= 4 is 51.8 Å². The van der Waals surface area contributed by atoms with Crippen molar-refractivity contribution in [3.8, 4) is 0 Å². The van der Waals surface area contributed by atoms with Crippen LogP contribution in [0, 0.1) is 3.57 Å². The molecule has 0 aliphatic heterocycles. The van der Waals surface area contributed by atoms with E-state index >= 15 is 0 Å². The normalized spacial score (nSPS) is 11.7. The average molecular weight is 383 g/mol. The molecule has 0 radical (unpaired) electrons. The topological polar surface area (TPSA) is 78.4 Å². The number of aliphatic carboxylic acids is 1. The van der Waals surface area contributed by atoms with Gasteiger partial charge in [0, 0.05) is 17.0 Å². The summed E-state index contributed by atoms with van der Waals surface area (Å²) in [5.74, 6) is -1.49. The lowest BCUT2D eigenvalue weighted by atomic mass is 10.2. The van der Waals surface area contributed by atoms with Crippen molar-refractivity contribution in [2.75, 3.05) is 11.9 Å². The quantitative estimate of drug-likeness (QED) is 0.680. The number of carboxylic acid groups (broad SMARTS) is 1. The summed E-state index contributed by atoms with van der Waals surface area (Å²) in [4.78, 5) is 21.8. The van der Waals surface area contributed by atoms with E-state index in [4.69, 9.17) is 16.7 Å². The first-order valence-corrected chi connectivity index (χ1v) is 6.54. The highest BCUT2D eigenvalue weighted by molar-refractivity contribution is 14.1. The molecule has 0 spiro atoms. The van der Waals surface area contributed by atoms with E-state index in [2.05, 4.69) is 33.2 Å². The summed E-state index contributed by atoms with van der Waals surface area (Å²) >= 11 is 8.09. The lowest BCUT2D eigenvalue weighted by Crippen LogP contribution is -2.44. The van der Waals surface area contributed by atoms with E-state index in [1.54, 1.807) is 12.1 Å². The van der Waals surface area contributed by atoms with Gasteiger partial charge in [0.25, 0.3) is 0 Å². The highest BCUT2D eigenvalue weighted by atomic mass is 127. The standard InChI is InChI=1S/C11H12ClIN2O3/c1-6(16)15-10(11(17)18)5-14-9-4-7(13)2-3-8(9)12/h2-4,10,14H,5H2,1H3,(H,15,16)(H,17,18). The number of carbonyl (C=O) groups excluding carboxylic acids is 1. The predicted molar refractivity (Wildman–Crippen MR) is 77.9 cm³/mol. The molecule has 1 aromatic rings. The van der Waals surface area contributed by atoms with Gasteiger partial charge in [0.05, 0.1) is 10.7 Å².